The van der Waals surface area contributed by atoms with Gasteiger partial charge in [-0.2, -0.15) is 0 Å². The number of ether oxygens (including phenoxy) is 6. The van der Waals surface area contributed by atoms with Crippen LogP contribution in [0.25, 0.3) is 0 Å². The number of rotatable bonds is 28. The van der Waals surface area contributed by atoms with Gasteiger partial charge in [0.15, 0.2) is 0 Å². The molecule has 0 aromatic rings. The van der Waals surface area contributed by atoms with Crippen molar-refractivity contribution in [2.45, 2.75) is 90.9 Å². The van der Waals surface area contributed by atoms with Crippen molar-refractivity contribution in [3.05, 3.63) is 0 Å². The van der Waals surface area contributed by atoms with E-state index < -0.39 is 0 Å². The SMILES string of the molecule is CCCCCCCCCCCCCOCCOCCOCCOCCOCCC(=O)OCC. The van der Waals surface area contributed by atoms with Crippen molar-refractivity contribution in [3.8, 4) is 0 Å². The first-order valence-corrected chi connectivity index (χ1v) is 13.4. The molecular formula is C26H52O7. The Morgan fingerprint density at radius 2 is 0.818 bits per heavy atom. The minimum atomic E-state index is -0.232. The van der Waals surface area contributed by atoms with E-state index in [0.29, 0.717) is 66.1 Å². The number of carbonyl (C=O) groups is 1. The van der Waals surface area contributed by atoms with Gasteiger partial charge in [-0.3, -0.25) is 4.79 Å². The maximum atomic E-state index is 11.1. The van der Waals surface area contributed by atoms with Crippen LogP contribution in [0.5, 0.6) is 0 Å². The van der Waals surface area contributed by atoms with Gasteiger partial charge in [-0.05, 0) is 13.3 Å². The molecule has 0 bridgehead atoms. The average molecular weight is 477 g/mol. The molecule has 0 spiro atoms. The van der Waals surface area contributed by atoms with Crippen LogP contribution in [-0.4, -0.2) is 78.6 Å². The molecule has 7 nitrogen and oxygen atoms in total. The normalized spacial score (nSPS) is 11.2. The first kappa shape index (κ1) is 32.3. The average Bonchev–Trinajstić information content (AvgIpc) is 2.81. The van der Waals surface area contributed by atoms with Crippen LogP contribution in [0.15, 0.2) is 0 Å². The van der Waals surface area contributed by atoms with E-state index >= 15 is 0 Å². The highest BCUT2D eigenvalue weighted by molar-refractivity contribution is 5.69. The number of hydrogen-bond acceptors (Lipinski definition) is 7. The Kier molecular flexibility index (Phi) is 28.7. The van der Waals surface area contributed by atoms with Gasteiger partial charge in [-0.15, -0.1) is 0 Å². The predicted octanol–water partition coefficient (Wildman–Crippen LogP) is 5.33. The van der Waals surface area contributed by atoms with Gasteiger partial charge in [0.05, 0.1) is 72.5 Å². The summed E-state index contributed by atoms with van der Waals surface area (Å²) in [5, 5.41) is 0. The third kappa shape index (κ3) is 29.2. The number of esters is 1. The molecule has 0 aromatic heterocycles. The van der Waals surface area contributed by atoms with Crippen molar-refractivity contribution in [2.75, 3.05) is 72.7 Å². The maximum absolute atomic E-state index is 11.1. The molecule has 198 valence electrons. The standard InChI is InChI=1S/C26H52O7/c1-3-5-6-7-8-9-10-11-12-13-14-16-28-18-20-30-22-24-32-25-23-31-21-19-29-17-15-26(27)33-4-2/h3-25H2,1-2H3. The molecule has 0 aliphatic rings. The fourth-order valence-electron chi connectivity index (χ4n) is 3.24. The second-order valence-corrected chi connectivity index (χ2v) is 8.15. The Hall–Kier alpha value is -0.730. The molecule has 0 saturated carbocycles. The van der Waals surface area contributed by atoms with E-state index in [4.69, 9.17) is 28.4 Å². The number of hydrogen-bond donors (Lipinski definition) is 0. The van der Waals surface area contributed by atoms with Crippen molar-refractivity contribution in [3.63, 3.8) is 0 Å². The second kappa shape index (κ2) is 29.3. The molecule has 0 radical (unpaired) electrons. The summed E-state index contributed by atoms with van der Waals surface area (Å²) in [5.74, 6) is -0.232. The van der Waals surface area contributed by atoms with Gasteiger partial charge in [0.1, 0.15) is 0 Å². The number of carbonyl (C=O) groups excluding carboxylic acids is 1. The molecule has 0 fully saturated rings. The van der Waals surface area contributed by atoms with Crippen molar-refractivity contribution in [1.82, 2.24) is 0 Å². The van der Waals surface area contributed by atoms with E-state index in [2.05, 4.69) is 6.92 Å². The quantitative estimate of drug-likeness (QED) is 0.112. The van der Waals surface area contributed by atoms with Gasteiger partial charge in [0.25, 0.3) is 0 Å². The zero-order chi connectivity index (χ0) is 24.1. The summed E-state index contributed by atoms with van der Waals surface area (Å²) in [6.07, 6.45) is 15.2. The zero-order valence-corrected chi connectivity index (χ0v) is 21.6. The lowest BCUT2D eigenvalue weighted by atomic mass is 10.1. The van der Waals surface area contributed by atoms with E-state index in [1.54, 1.807) is 6.92 Å². The van der Waals surface area contributed by atoms with Crippen LogP contribution in [-0.2, 0) is 33.2 Å². The first-order chi connectivity index (χ1) is 16.3. The molecule has 0 amide bonds. The van der Waals surface area contributed by atoms with Gasteiger partial charge >= 0.3 is 5.97 Å². The molecule has 0 N–H and O–H groups in total. The fourth-order valence-corrected chi connectivity index (χ4v) is 3.24. The Bertz CT molecular complexity index is 380. The molecule has 7 heteroatoms. The summed E-state index contributed by atoms with van der Waals surface area (Å²) in [6, 6.07) is 0. The predicted molar refractivity (Wildman–Crippen MR) is 132 cm³/mol. The van der Waals surface area contributed by atoms with Gasteiger partial charge in [-0.25, -0.2) is 0 Å². The third-order valence-corrected chi connectivity index (χ3v) is 5.14. The lowest BCUT2D eigenvalue weighted by Gasteiger charge is -2.08. The highest BCUT2D eigenvalue weighted by atomic mass is 16.6. The smallest absolute Gasteiger partial charge is 0.308 e. The minimum absolute atomic E-state index is 0.232. The summed E-state index contributed by atoms with van der Waals surface area (Å²) >= 11 is 0. The van der Waals surface area contributed by atoms with Gasteiger partial charge in [0, 0.05) is 6.61 Å². The van der Waals surface area contributed by atoms with Crippen LogP contribution in [0, 0.1) is 0 Å². The Balaban J connectivity index is 3.03. The molecule has 0 atom stereocenters. The van der Waals surface area contributed by atoms with Crippen LogP contribution in [0.4, 0.5) is 0 Å². The van der Waals surface area contributed by atoms with Crippen LogP contribution < -0.4 is 0 Å². The van der Waals surface area contributed by atoms with Gasteiger partial charge < -0.3 is 28.4 Å². The van der Waals surface area contributed by atoms with E-state index in [0.717, 1.165) is 13.0 Å². The largest absolute Gasteiger partial charge is 0.466 e. The summed E-state index contributed by atoms with van der Waals surface area (Å²) in [4.78, 5) is 11.1. The molecule has 0 rings (SSSR count). The van der Waals surface area contributed by atoms with E-state index in [1.807, 2.05) is 0 Å². The third-order valence-electron chi connectivity index (χ3n) is 5.14. The summed E-state index contributed by atoms with van der Waals surface area (Å²) < 4.78 is 32.1. The van der Waals surface area contributed by atoms with Crippen molar-refractivity contribution >= 4 is 5.97 Å². The van der Waals surface area contributed by atoms with Crippen LogP contribution >= 0.6 is 0 Å². The summed E-state index contributed by atoms with van der Waals surface area (Å²) in [6.45, 7) is 10.0. The monoisotopic (exact) mass is 476 g/mol. The van der Waals surface area contributed by atoms with Crippen molar-refractivity contribution in [1.29, 1.82) is 0 Å². The van der Waals surface area contributed by atoms with E-state index in [9.17, 15) is 4.79 Å². The molecule has 0 aromatic carbocycles. The van der Waals surface area contributed by atoms with Crippen molar-refractivity contribution in [2.24, 2.45) is 0 Å². The Morgan fingerprint density at radius 3 is 1.24 bits per heavy atom. The lowest BCUT2D eigenvalue weighted by Crippen LogP contribution is -2.14. The van der Waals surface area contributed by atoms with Crippen LogP contribution in [0.1, 0.15) is 90.9 Å². The van der Waals surface area contributed by atoms with Gasteiger partial charge in [0.2, 0.25) is 0 Å². The fraction of sp³-hybridized carbons (Fsp3) is 0.962. The van der Waals surface area contributed by atoms with Crippen molar-refractivity contribution < 1.29 is 33.2 Å². The second-order valence-electron chi connectivity index (χ2n) is 8.15. The molecule has 0 heterocycles. The summed E-state index contributed by atoms with van der Waals surface area (Å²) in [5.41, 5.74) is 0. The highest BCUT2D eigenvalue weighted by Gasteiger charge is 2.00. The van der Waals surface area contributed by atoms with Gasteiger partial charge in [-0.1, -0.05) is 71.1 Å². The molecule has 0 aliphatic heterocycles. The van der Waals surface area contributed by atoms with Crippen LogP contribution in [0.3, 0.4) is 0 Å². The summed E-state index contributed by atoms with van der Waals surface area (Å²) in [7, 11) is 0. The van der Waals surface area contributed by atoms with Crippen LogP contribution in [0.2, 0.25) is 0 Å². The molecule has 33 heavy (non-hydrogen) atoms. The van der Waals surface area contributed by atoms with E-state index in [-0.39, 0.29) is 12.4 Å². The molecule has 0 saturated heterocycles. The Morgan fingerprint density at radius 1 is 0.455 bits per heavy atom. The zero-order valence-electron chi connectivity index (χ0n) is 21.6. The minimum Gasteiger partial charge on any atom is -0.466 e. The maximum Gasteiger partial charge on any atom is 0.308 e. The van der Waals surface area contributed by atoms with E-state index in [1.165, 1.54) is 64.2 Å². The Labute approximate surface area is 203 Å². The molecular weight excluding hydrogens is 424 g/mol. The molecule has 0 aliphatic carbocycles. The first-order valence-electron chi connectivity index (χ1n) is 13.4. The highest BCUT2D eigenvalue weighted by Crippen LogP contribution is 2.11. The topological polar surface area (TPSA) is 72.5 Å². The number of unbranched alkanes of at least 4 members (excludes halogenated alkanes) is 10. The molecule has 0 unspecified atom stereocenters. The lowest BCUT2D eigenvalue weighted by molar-refractivity contribution is -0.144.